The predicted octanol–water partition coefficient (Wildman–Crippen LogP) is 4.03. The first kappa shape index (κ1) is 13.3. The Labute approximate surface area is 103 Å². The summed E-state index contributed by atoms with van der Waals surface area (Å²) in [6.07, 6.45) is -1.12. The zero-order chi connectivity index (χ0) is 13.3. The van der Waals surface area contributed by atoms with Gasteiger partial charge in [-0.1, -0.05) is 18.9 Å². The number of rotatable bonds is 2. The number of halogens is 4. The molecular weight excluding hydrogens is 246 g/mol. The average Bonchev–Trinajstić information content (AvgIpc) is 2.80. The molecule has 0 heterocycles. The molecular formula is C13H15F4N. The van der Waals surface area contributed by atoms with E-state index in [1.165, 1.54) is 0 Å². The van der Waals surface area contributed by atoms with Crippen molar-refractivity contribution in [3.63, 3.8) is 0 Å². The normalized spacial score (nSPS) is 19.2. The fourth-order valence-corrected chi connectivity index (χ4v) is 2.68. The Bertz CT molecular complexity index is 421. The third-order valence-electron chi connectivity index (χ3n) is 3.60. The van der Waals surface area contributed by atoms with E-state index in [-0.39, 0.29) is 11.5 Å². The van der Waals surface area contributed by atoms with Crippen molar-refractivity contribution < 1.29 is 17.6 Å². The van der Waals surface area contributed by atoms with Crippen LogP contribution in [0.3, 0.4) is 0 Å². The molecule has 100 valence electrons. The van der Waals surface area contributed by atoms with Gasteiger partial charge in [-0.3, -0.25) is 0 Å². The molecule has 0 radical (unpaired) electrons. The van der Waals surface area contributed by atoms with Crippen molar-refractivity contribution in [2.45, 2.75) is 37.9 Å². The van der Waals surface area contributed by atoms with Crippen molar-refractivity contribution in [3.8, 4) is 0 Å². The van der Waals surface area contributed by atoms with Crippen LogP contribution in [0.25, 0.3) is 0 Å². The van der Waals surface area contributed by atoms with E-state index in [2.05, 4.69) is 0 Å². The van der Waals surface area contributed by atoms with Crippen LogP contribution in [0.2, 0.25) is 0 Å². The molecule has 1 aromatic rings. The lowest BCUT2D eigenvalue weighted by Crippen LogP contribution is -2.24. The zero-order valence-electron chi connectivity index (χ0n) is 9.80. The van der Waals surface area contributed by atoms with Gasteiger partial charge in [-0.15, -0.1) is 0 Å². The summed E-state index contributed by atoms with van der Waals surface area (Å²) in [5, 5.41) is 0. The zero-order valence-corrected chi connectivity index (χ0v) is 9.80. The van der Waals surface area contributed by atoms with E-state index in [0.717, 1.165) is 43.9 Å². The van der Waals surface area contributed by atoms with Crippen LogP contribution in [0.15, 0.2) is 18.2 Å². The van der Waals surface area contributed by atoms with Gasteiger partial charge >= 0.3 is 6.18 Å². The van der Waals surface area contributed by atoms with Crippen LogP contribution >= 0.6 is 0 Å². The molecule has 18 heavy (non-hydrogen) atoms. The fraction of sp³-hybridized carbons (Fsp3) is 0.538. The standard InChI is InChI=1S/C13H15F4N/c14-10-7-3-6-9(13(15,16)17)11(10)12(18)8-4-1-2-5-8/h3,6-8,12H,1-2,4-5,18H2/t12-/m1/s1. The Morgan fingerprint density at radius 2 is 1.78 bits per heavy atom. The van der Waals surface area contributed by atoms with Crippen molar-refractivity contribution >= 4 is 0 Å². The second kappa shape index (κ2) is 4.88. The van der Waals surface area contributed by atoms with Crippen molar-refractivity contribution in [2.24, 2.45) is 11.7 Å². The van der Waals surface area contributed by atoms with E-state index in [1.807, 2.05) is 0 Å². The van der Waals surface area contributed by atoms with E-state index in [0.29, 0.717) is 0 Å². The summed E-state index contributed by atoms with van der Waals surface area (Å²) in [7, 11) is 0. The smallest absolute Gasteiger partial charge is 0.324 e. The molecule has 2 N–H and O–H groups in total. The summed E-state index contributed by atoms with van der Waals surface area (Å²) in [6.45, 7) is 0. The largest absolute Gasteiger partial charge is 0.416 e. The van der Waals surface area contributed by atoms with Gasteiger partial charge in [0.05, 0.1) is 5.56 Å². The van der Waals surface area contributed by atoms with E-state index in [1.54, 1.807) is 0 Å². The first-order valence-corrected chi connectivity index (χ1v) is 6.02. The first-order chi connectivity index (χ1) is 8.41. The van der Waals surface area contributed by atoms with Crippen molar-refractivity contribution in [2.75, 3.05) is 0 Å². The quantitative estimate of drug-likeness (QED) is 0.799. The third-order valence-corrected chi connectivity index (χ3v) is 3.60. The summed E-state index contributed by atoms with van der Waals surface area (Å²) in [4.78, 5) is 0. The number of nitrogens with two attached hydrogens (primary N) is 1. The number of hydrogen-bond donors (Lipinski definition) is 1. The molecule has 1 nitrogen and oxygen atoms in total. The summed E-state index contributed by atoms with van der Waals surface area (Å²) < 4.78 is 52.3. The minimum atomic E-state index is -4.56. The van der Waals surface area contributed by atoms with E-state index in [4.69, 9.17) is 5.73 Å². The van der Waals surface area contributed by atoms with Gasteiger partial charge in [0.1, 0.15) is 5.82 Å². The van der Waals surface area contributed by atoms with Crippen LogP contribution in [0.1, 0.15) is 42.9 Å². The SMILES string of the molecule is N[C@@H](c1c(F)cccc1C(F)(F)F)C1CCCC1. The van der Waals surface area contributed by atoms with Gasteiger partial charge in [-0.25, -0.2) is 4.39 Å². The van der Waals surface area contributed by atoms with Crippen molar-refractivity contribution in [1.82, 2.24) is 0 Å². The maximum Gasteiger partial charge on any atom is 0.416 e. The second-order valence-electron chi connectivity index (χ2n) is 4.77. The lowest BCUT2D eigenvalue weighted by atomic mass is 9.89. The molecule has 2 rings (SSSR count). The number of benzene rings is 1. The van der Waals surface area contributed by atoms with Crippen LogP contribution in [-0.2, 0) is 6.18 Å². The van der Waals surface area contributed by atoms with Gasteiger partial charge in [0, 0.05) is 11.6 Å². The Hall–Kier alpha value is -1.10. The Kier molecular flexibility index (Phi) is 3.61. The van der Waals surface area contributed by atoms with Crippen molar-refractivity contribution in [1.29, 1.82) is 0 Å². The molecule has 1 aromatic carbocycles. The summed E-state index contributed by atoms with van der Waals surface area (Å²) in [6, 6.07) is 2.14. The minimum absolute atomic E-state index is 0.0528. The monoisotopic (exact) mass is 261 g/mol. The lowest BCUT2D eigenvalue weighted by Gasteiger charge is -2.23. The molecule has 1 atom stereocenters. The Balaban J connectivity index is 2.41. The van der Waals surface area contributed by atoms with Crippen molar-refractivity contribution in [3.05, 3.63) is 35.1 Å². The fourth-order valence-electron chi connectivity index (χ4n) is 2.68. The molecule has 0 saturated heterocycles. The highest BCUT2D eigenvalue weighted by Crippen LogP contribution is 2.41. The molecule has 1 fully saturated rings. The topological polar surface area (TPSA) is 26.0 Å². The molecule has 0 bridgehead atoms. The molecule has 0 spiro atoms. The molecule has 0 amide bonds. The molecule has 1 aliphatic rings. The van der Waals surface area contributed by atoms with E-state index < -0.39 is 23.6 Å². The van der Waals surface area contributed by atoms with Crippen LogP contribution in [0, 0.1) is 11.7 Å². The minimum Gasteiger partial charge on any atom is -0.324 e. The highest BCUT2D eigenvalue weighted by atomic mass is 19.4. The molecule has 0 aliphatic heterocycles. The summed E-state index contributed by atoms with van der Waals surface area (Å²) >= 11 is 0. The predicted molar refractivity (Wildman–Crippen MR) is 60.3 cm³/mol. The van der Waals surface area contributed by atoms with Gasteiger partial charge in [0.2, 0.25) is 0 Å². The molecule has 5 heteroatoms. The second-order valence-corrected chi connectivity index (χ2v) is 4.77. The van der Waals surface area contributed by atoms with Gasteiger partial charge < -0.3 is 5.73 Å². The summed E-state index contributed by atoms with van der Waals surface area (Å²) in [5.74, 6) is -0.910. The van der Waals surface area contributed by atoms with Gasteiger partial charge in [0.25, 0.3) is 0 Å². The average molecular weight is 261 g/mol. The summed E-state index contributed by atoms with van der Waals surface area (Å²) in [5.41, 5.74) is 4.54. The molecule has 1 saturated carbocycles. The molecule has 1 aliphatic carbocycles. The maximum atomic E-state index is 13.7. The Morgan fingerprint density at radius 3 is 2.33 bits per heavy atom. The van der Waals surface area contributed by atoms with Crippen LogP contribution in [0.4, 0.5) is 17.6 Å². The maximum absolute atomic E-state index is 13.7. The van der Waals surface area contributed by atoms with E-state index in [9.17, 15) is 17.6 Å². The van der Waals surface area contributed by atoms with Gasteiger partial charge in [0.15, 0.2) is 0 Å². The first-order valence-electron chi connectivity index (χ1n) is 6.02. The highest BCUT2D eigenvalue weighted by molar-refractivity contribution is 5.34. The van der Waals surface area contributed by atoms with Crippen LogP contribution < -0.4 is 5.73 Å². The van der Waals surface area contributed by atoms with Gasteiger partial charge in [-0.2, -0.15) is 13.2 Å². The lowest BCUT2D eigenvalue weighted by molar-refractivity contribution is -0.138. The number of hydrogen-bond acceptors (Lipinski definition) is 1. The number of alkyl halides is 3. The highest BCUT2D eigenvalue weighted by Gasteiger charge is 2.38. The molecule has 0 aromatic heterocycles. The van der Waals surface area contributed by atoms with E-state index >= 15 is 0 Å². The van der Waals surface area contributed by atoms with Crippen LogP contribution in [-0.4, -0.2) is 0 Å². The van der Waals surface area contributed by atoms with Gasteiger partial charge in [-0.05, 0) is 30.9 Å². The molecule has 0 unspecified atom stereocenters. The Morgan fingerprint density at radius 1 is 1.17 bits per heavy atom. The third kappa shape index (κ3) is 2.51. The van der Waals surface area contributed by atoms with Crippen LogP contribution in [0.5, 0.6) is 0 Å².